The predicted octanol–water partition coefficient (Wildman–Crippen LogP) is 3.59. The van der Waals surface area contributed by atoms with Gasteiger partial charge in [-0.1, -0.05) is 11.6 Å². The van der Waals surface area contributed by atoms with E-state index >= 15 is 0 Å². The molecule has 4 rings (SSSR count). The van der Waals surface area contributed by atoms with E-state index in [4.69, 9.17) is 11.6 Å². The second-order valence-electron chi connectivity index (χ2n) is 9.55. The van der Waals surface area contributed by atoms with Crippen molar-refractivity contribution in [2.75, 3.05) is 32.7 Å². The van der Waals surface area contributed by atoms with Crippen LogP contribution in [0.1, 0.15) is 41.6 Å². The summed E-state index contributed by atoms with van der Waals surface area (Å²) in [6.45, 7) is 0.506. The van der Waals surface area contributed by atoms with Gasteiger partial charge in [0.05, 0.1) is 16.1 Å². The quantitative estimate of drug-likeness (QED) is 0.496. The first-order valence-corrected chi connectivity index (χ1v) is 13.6. The molecule has 39 heavy (non-hydrogen) atoms. The van der Waals surface area contributed by atoms with Gasteiger partial charge in [0, 0.05) is 58.2 Å². The van der Waals surface area contributed by atoms with Gasteiger partial charge in [0.2, 0.25) is 5.92 Å². The van der Waals surface area contributed by atoms with Crippen molar-refractivity contribution in [1.82, 2.24) is 29.3 Å². The summed E-state index contributed by atoms with van der Waals surface area (Å²) >= 11 is 5.94. The average Bonchev–Trinajstić information content (AvgIpc) is 3.30. The van der Waals surface area contributed by atoms with Crippen molar-refractivity contribution in [3.63, 3.8) is 0 Å². The molecule has 1 saturated carbocycles. The smallest absolute Gasteiger partial charge is 0.350 e. The molecule has 2 heterocycles. The molecule has 17 heteroatoms. The van der Waals surface area contributed by atoms with Gasteiger partial charge in [-0.25, -0.2) is 22.2 Å². The third kappa shape index (κ3) is 6.81. The van der Waals surface area contributed by atoms with Crippen LogP contribution in [-0.4, -0.2) is 82.5 Å². The lowest BCUT2D eigenvalue weighted by molar-refractivity contribution is -0.137. The highest BCUT2D eigenvalue weighted by Gasteiger charge is 2.48. The third-order valence-electron chi connectivity index (χ3n) is 7.09. The number of nitrogens with zero attached hydrogens (tertiary/aromatic N) is 5. The van der Waals surface area contributed by atoms with Gasteiger partial charge in [-0.3, -0.25) is 14.4 Å². The molecule has 1 amide bonds. The minimum atomic E-state index is -4.63. The number of amides is 1. The van der Waals surface area contributed by atoms with E-state index in [-0.39, 0.29) is 73.7 Å². The van der Waals surface area contributed by atoms with Crippen LogP contribution in [0.2, 0.25) is 5.02 Å². The predicted molar refractivity (Wildman–Crippen MR) is 134 cm³/mol. The van der Waals surface area contributed by atoms with Gasteiger partial charge in [0.25, 0.3) is 21.1 Å². The second-order valence-corrected chi connectivity index (χ2v) is 11.8. The van der Waals surface area contributed by atoms with Crippen molar-refractivity contribution in [3.8, 4) is 0 Å². The summed E-state index contributed by atoms with van der Waals surface area (Å²) in [4.78, 5) is 18.5. The first-order chi connectivity index (χ1) is 17.6. The minimum Gasteiger partial charge on any atom is -0.350 e. The van der Waals surface area contributed by atoms with Crippen LogP contribution in [-0.2, 0) is 23.2 Å². The van der Waals surface area contributed by atoms with Gasteiger partial charge in [-0.15, -0.1) is 17.5 Å². The summed E-state index contributed by atoms with van der Waals surface area (Å²) in [5.74, 6) is -3.59. The molecular weight excluding hydrogens is 594 g/mol. The molecule has 1 aromatic heterocycles. The van der Waals surface area contributed by atoms with Crippen molar-refractivity contribution in [3.05, 3.63) is 40.7 Å². The summed E-state index contributed by atoms with van der Waals surface area (Å²) in [5, 5.41) is 5.80. The van der Waals surface area contributed by atoms with E-state index in [1.165, 1.54) is 15.3 Å². The molecule has 218 valence electrons. The van der Waals surface area contributed by atoms with E-state index < -0.39 is 52.0 Å². The van der Waals surface area contributed by atoms with E-state index in [0.29, 0.717) is 6.07 Å². The maximum Gasteiger partial charge on any atom is 0.416 e. The average molecular weight is 621 g/mol. The van der Waals surface area contributed by atoms with Crippen molar-refractivity contribution in [2.45, 2.75) is 48.5 Å². The normalized spacial score (nSPS) is 20.3. The zero-order valence-corrected chi connectivity index (χ0v) is 23.1. The van der Waals surface area contributed by atoms with Gasteiger partial charge in [-0.2, -0.15) is 17.5 Å². The van der Waals surface area contributed by atoms with Crippen LogP contribution in [0.4, 0.5) is 22.0 Å². The number of carbonyl (C=O) groups is 1. The lowest BCUT2D eigenvalue weighted by Crippen LogP contribution is -2.63. The number of sulfonamides is 1. The maximum absolute atomic E-state index is 14.1. The summed E-state index contributed by atoms with van der Waals surface area (Å²) in [6, 6.07) is 2.37. The van der Waals surface area contributed by atoms with E-state index in [2.05, 4.69) is 15.4 Å². The lowest BCUT2D eigenvalue weighted by atomic mass is 9.78. The highest BCUT2D eigenvalue weighted by Crippen LogP contribution is 2.42. The molecule has 0 unspecified atom stereocenters. The third-order valence-corrected chi connectivity index (χ3v) is 9.10. The molecule has 1 aliphatic carbocycles. The summed E-state index contributed by atoms with van der Waals surface area (Å²) in [5.41, 5.74) is -2.07. The van der Waals surface area contributed by atoms with Crippen LogP contribution in [0.25, 0.3) is 0 Å². The Kier molecular flexibility index (Phi) is 9.22. The lowest BCUT2D eigenvalue weighted by Gasteiger charge is -2.50. The SMILES string of the molecule is Cl.Cn1cnc(S(=O)(=O)N2CCN(C3(CNC(=O)c4ccc(C(F)(F)F)cc4Cl)CCC(F)(F)CC3)CC2)n1. The molecule has 9 nitrogen and oxygen atoms in total. The number of carbonyl (C=O) groups excluding carboxylic acids is 1. The number of alkyl halides is 5. The highest BCUT2D eigenvalue weighted by molar-refractivity contribution is 7.88. The van der Waals surface area contributed by atoms with E-state index in [1.54, 1.807) is 7.05 Å². The fourth-order valence-electron chi connectivity index (χ4n) is 4.86. The van der Waals surface area contributed by atoms with Crippen LogP contribution in [0.5, 0.6) is 0 Å². The van der Waals surface area contributed by atoms with Gasteiger partial charge in [0.15, 0.2) is 0 Å². The number of aryl methyl sites for hydroxylation is 1. The van der Waals surface area contributed by atoms with Crippen LogP contribution < -0.4 is 5.32 Å². The number of aromatic nitrogens is 3. The first kappa shape index (κ1) is 31.5. The number of benzene rings is 1. The fraction of sp³-hybridized carbons (Fsp3) is 0.591. The summed E-state index contributed by atoms with van der Waals surface area (Å²) in [6.07, 6.45) is -4.12. The molecule has 1 aliphatic heterocycles. The number of hydrogen-bond donors (Lipinski definition) is 1. The Balaban J connectivity index is 0.00000420. The fourth-order valence-corrected chi connectivity index (χ4v) is 6.41. The van der Waals surface area contributed by atoms with Gasteiger partial charge >= 0.3 is 6.18 Å². The van der Waals surface area contributed by atoms with Crippen LogP contribution >= 0.6 is 24.0 Å². The molecule has 0 spiro atoms. The Hall–Kier alpha value is -2.07. The number of piperazine rings is 1. The van der Waals surface area contributed by atoms with Crippen molar-refractivity contribution in [2.24, 2.45) is 7.05 Å². The van der Waals surface area contributed by atoms with Gasteiger partial charge in [-0.05, 0) is 31.0 Å². The van der Waals surface area contributed by atoms with Crippen LogP contribution in [0.15, 0.2) is 29.7 Å². The molecule has 1 aromatic carbocycles. The van der Waals surface area contributed by atoms with Crippen molar-refractivity contribution < 1.29 is 35.2 Å². The topological polar surface area (TPSA) is 100 Å². The molecule has 0 atom stereocenters. The molecule has 2 aliphatic rings. The monoisotopic (exact) mass is 620 g/mol. The molecular formula is C22H27Cl2F5N6O3S. The number of nitrogens with one attached hydrogen (secondary N) is 1. The Bertz CT molecular complexity index is 1290. The Morgan fingerprint density at radius 3 is 2.23 bits per heavy atom. The van der Waals surface area contributed by atoms with Gasteiger partial charge in [0.1, 0.15) is 6.33 Å². The molecule has 0 bridgehead atoms. The highest BCUT2D eigenvalue weighted by atomic mass is 35.5. The Morgan fingerprint density at radius 2 is 1.72 bits per heavy atom. The van der Waals surface area contributed by atoms with Crippen LogP contribution in [0.3, 0.4) is 0 Å². The second kappa shape index (κ2) is 11.4. The zero-order valence-electron chi connectivity index (χ0n) is 20.7. The van der Waals surface area contributed by atoms with Gasteiger partial charge < -0.3 is 5.32 Å². The molecule has 2 fully saturated rings. The van der Waals surface area contributed by atoms with E-state index in [0.717, 1.165) is 12.1 Å². The van der Waals surface area contributed by atoms with Crippen LogP contribution in [0, 0.1) is 0 Å². The number of hydrogen-bond acceptors (Lipinski definition) is 6. The standard InChI is InChI=1S/C22H26ClF5N6O3S.ClH/c1-32-14-30-19(31-32)38(36,37)34-10-8-33(9-11-34)20(4-6-21(24,25)7-5-20)13-29-18(35)16-3-2-15(12-17(16)23)22(26,27)28;/h2-3,12,14H,4-11,13H2,1H3,(H,29,35);1H. The largest absolute Gasteiger partial charge is 0.416 e. The molecule has 1 saturated heterocycles. The van der Waals surface area contributed by atoms with Crippen molar-refractivity contribution in [1.29, 1.82) is 0 Å². The van der Waals surface area contributed by atoms with E-state index in [1.807, 2.05) is 4.90 Å². The maximum atomic E-state index is 14.1. The first-order valence-electron chi connectivity index (χ1n) is 11.8. The zero-order chi connectivity index (χ0) is 27.9. The molecule has 2 aromatic rings. The molecule has 0 radical (unpaired) electrons. The summed E-state index contributed by atoms with van der Waals surface area (Å²) < 4.78 is 95.1. The summed E-state index contributed by atoms with van der Waals surface area (Å²) in [7, 11) is -2.39. The van der Waals surface area contributed by atoms with E-state index in [9.17, 15) is 35.2 Å². The number of rotatable bonds is 6. The Labute approximate surface area is 233 Å². The number of halogens is 7. The molecule has 1 N–H and O–H groups in total. The Morgan fingerprint density at radius 1 is 1.10 bits per heavy atom. The minimum absolute atomic E-state index is 0. The van der Waals surface area contributed by atoms with Crippen molar-refractivity contribution >= 4 is 39.9 Å².